The van der Waals surface area contributed by atoms with Gasteiger partial charge < -0.3 is 14.5 Å². The van der Waals surface area contributed by atoms with Crippen LogP contribution in [0, 0.1) is 0 Å². The Hall–Kier alpha value is -0.840. The van der Waals surface area contributed by atoms with Gasteiger partial charge in [-0.1, -0.05) is 26.0 Å². The number of furan rings is 1. The Kier molecular flexibility index (Phi) is 6.07. The van der Waals surface area contributed by atoms with E-state index in [2.05, 4.69) is 47.2 Å². The third kappa shape index (κ3) is 3.84. The second-order valence-corrected chi connectivity index (χ2v) is 5.74. The Balaban J connectivity index is 2.18. The van der Waals surface area contributed by atoms with Crippen molar-refractivity contribution in [1.29, 1.82) is 0 Å². The van der Waals surface area contributed by atoms with Gasteiger partial charge in [0.15, 0.2) is 0 Å². The summed E-state index contributed by atoms with van der Waals surface area (Å²) >= 11 is 3.53. The van der Waals surface area contributed by atoms with E-state index < -0.39 is 0 Å². The molecule has 0 saturated carbocycles. The zero-order valence-electron chi connectivity index (χ0n) is 12.1. The fourth-order valence-electron chi connectivity index (χ4n) is 2.12. The van der Waals surface area contributed by atoms with Crippen LogP contribution in [0.4, 0.5) is 0 Å². The van der Waals surface area contributed by atoms with E-state index >= 15 is 0 Å². The van der Waals surface area contributed by atoms with Gasteiger partial charge in [-0.15, -0.1) is 0 Å². The molecule has 20 heavy (non-hydrogen) atoms. The molecule has 0 aliphatic carbocycles. The molecule has 0 spiro atoms. The summed E-state index contributed by atoms with van der Waals surface area (Å²) < 4.78 is 12.7. The van der Waals surface area contributed by atoms with Crippen molar-refractivity contribution >= 4 is 26.9 Å². The maximum Gasteiger partial charge on any atom is 0.148 e. The van der Waals surface area contributed by atoms with E-state index in [4.69, 9.17) is 9.15 Å². The predicted molar refractivity (Wildman–Crippen MR) is 86.1 cm³/mol. The first kappa shape index (κ1) is 15.5. The molecular formula is C16H22BrNO2. The number of hydrogen-bond acceptors (Lipinski definition) is 3. The van der Waals surface area contributed by atoms with Crippen LogP contribution in [0.25, 0.3) is 11.0 Å². The van der Waals surface area contributed by atoms with Crippen LogP contribution in [-0.4, -0.2) is 19.8 Å². The molecular weight excluding hydrogens is 318 g/mol. The van der Waals surface area contributed by atoms with Gasteiger partial charge in [-0.3, -0.25) is 0 Å². The SMILES string of the molecule is CCCNC(COCCC)c1cc2cccc(Br)c2o1. The van der Waals surface area contributed by atoms with Crippen molar-refractivity contribution < 1.29 is 9.15 Å². The largest absolute Gasteiger partial charge is 0.458 e. The minimum atomic E-state index is 0.112. The molecule has 1 atom stereocenters. The first-order valence-electron chi connectivity index (χ1n) is 7.25. The smallest absolute Gasteiger partial charge is 0.148 e. The quantitative estimate of drug-likeness (QED) is 0.710. The van der Waals surface area contributed by atoms with Gasteiger partial charge in [0.25, 0.3) is 0 Å². The van der Waals surface area contributed by atoms with E-state index in [1.165, 1.54) is 0 Å². The Bertz CT molecular complexity index is 538. The summed E-state index contributed by atoms with van der Waals surface area (Å²) in [6.45, 7) is 6.66. The number of benzene rings is 1. The topological polar surface area (TPSA) is 34.4 Å². The summed E-state index contributed by atoms with van der Waals surface area (Å²) in [5.41, 5.74) is 0.904. The molecule has 0 aliphatic heterocycles. The Labute approximate surface area is 128 Å². The monoisotopic (exact) mass is 339 g/mol. The number of ether oxygens (including phenoxy) is 1. The van der Waals surface area contributed by atoms with Gasteiger partial charge in [0.1, 0.15) is 11.3 Å². The second kappa shape index (κ2) is 7.81. The minimum Gasteiger partial charge on any atom is -0.458 e. The summed E-state index contributed by atoms with van der Waals surface area (Å²) in [6, 6.07) is 8.30. The molecule has 1 N–H and O–H groups in total. The van der Waals surface area contributed by atoms with Crippen LogP contribution >= 0.6 is 15.9 Å². The van der Waals surface area contributed by atoms with Crippen LogP contribution in [0.5, 0.6) is 0 Å². The van der Waals surface area contributed by atoms with Crippen LogP contribution in [-0.2, 0) is 4.74 Å². The lowest BCUT2D eigenvalue weighted by Crippen LogP contribution is -2.26. The average molecular weight is 340 g/mol. The van der Waals surface area contributed by atoms with E-state index in [-0.39, 0.29) is 6.04 Å². The van der Waals surface area contributed by atoms with E-state index in [1.54, 1.807) is 0 Å². The molecule has 0 aliphatic rings. The first-order valence-corrected chi connectivity index (χ1v) is 8.04. The lowest BCUT2D eigenvalue weighted by atomic mass is 10.2. The third-order valence-electron chi connectivity index (χ3n) is 3.13. The van der Waals surface area contributed by atoms with Crippen LogP contribution in [0.1, 0.15) is 38.5 Å². The Morgan fingerprint density at radius 3 is 2.85 bits per heavy atom. The maximum absolute atomic E-state index is 6.00. The number of para-hydroxylation sites is 1. The van der Waals surface area contributed by atoms with Gasteiger partial charge in [-0.25, -0.2) is 0 Å². The van der Waals surface area contributed by atoms with Crippen LogP contribution in [0.2, 0.25) is 0 Å². The van der Waals surface area contributed by atoms with Crippen LogP contribution in [0.3, 0.4) is 0 Å². The highest BCUT2D eigenvalue weighted by molar-refractivity contribution is 9.10. The molecule has 0 radical (unpaired) electrons. The van der Waals surface area contributed by atoms with Gasteiger partial charge in [-0.05, 0) is 47.4 Å². The van der Waals surface area contributed by atoms with Gasteiger partial charge in [0, 0.05) is 12.0 Å². The maximum atomic E-state index is 6.00. The molecule has 1 aromatic heterocycles. The van der Waals surface area contributed by atoms with E-state index in [0.29, 0.717) is 6.61 Å². The minimum absolute atomic E-state index is 0.112. The fourth-order valence-corrected chi connectivity index (χ4v) is 2.59. The van der Waals surface area contributed by atoms with E-state index in [0.717, 1.165) is 47.2 Å². The Morgan fingerprint density at radius 1 is 1.30 bits per heavy atom. The van der Waals surface area contributed by atoms with Crippen molar-refractivity contribution in [3.8, 4) is 0 Å². The molecule has 1 heterocycles. The molecule has 110 valence electrons. The summed E-state index contributed by atoms with van der Waals surface area (Å²) in [5, 5.41) is 4.61. The van der Waals surface area contributed by atoms with Crippen LogP contribution < -0.4 is 5.32 Å². The summed E-state index contributed by atoms with van der Waals surface area (Å²) in [4.78, 5) is 0. The first-order chi connectivity index (χ1) is 9.76. The highest BCUT2D eigenvalue weighted by Crippen LogP contribution is 2.29. The average Bonchev–Trinajstić information content (AvgIpc) is 2.88. The molecule has 2 aromatic rings. The summed E-state index contributed by atoms with van der Waals surface area (Å²) in [5.74, 6) is 0.941. The lowest BCUT2D eigenvalue weighted by molar-refractivity contribution is 0.106. The number of nitrogens with one attached hydrogen (secondary N) is 1. The van der Waals surface area contributed by atoms with Gasteiger partial charge in [-0.2, -0.15) is 0 Å². The molecule has 4 heteroatoms. The zero-order valence-corrected chi connectivity index (χ0v) is 13.7. The molecule has 2 rings (SSSR count). The molecule has 3 nitrogen and oxygen atoms in total. The molecule has 1 aromatic carbocycles. The van der Waals surface area contributed by atoms with E-state index in [9.17, 15) is 0 Å². The summed E-state index contributed by atoms with van der Waals surface area (Å²) in [6.07, 6.45) is 2.13. The van der Waals surface area contributed by atoms with Gasteiger partial charge in [0.05, 0.1) is 17.1 Å². The number of halogens is 1. The number of fused-ring (bicyclic) bond motifs is 1. The van der Waals surface area contributed by atoms with Crippen molar-refractivity contribution in [3.63, 3.8) is 0 Å². The van der Waals surface area contributed by atoms with Crippen molar-refractivity contribution in [3.05, 3.63) is 34.5 Å². The fraction of sp³-hybridized carbons (Fsp3) is 0.500. The predicted octanol–water partition coefficient (Wildman–Crippen LogP) is 4.66. The molecule has 0 bridgehead atoms. The third-order valence-corrected chi connectivity index (χ3v) is 3.76. The zero-order chi connectivity index (χ0) is 14.4. The Morgan fingerprint density at radius 2 is 2.15 bits per heavy atom. The van der Waals surface area contributed by atoms with Crippen molar-refractivity contribution in [2.75, 3.05) is 19.8 Å². The van der Waals surface area contributed by atoms with Crippen molar-refractivity contribution in [1.82, 2.24) is 5.32 Å². The molecule has 0 saturated heterocycles. The van der Waals surface area contributed by atoms with E-state index in [1.807, 2.05) is 12.1 Å². The highest BCUT2D eigenvalue weighted by atomic mass is 79.9. The normalized spacial score (nSPS) is 12.9. The number of rotatable bonds is 8. The van der Waals surface area contributed by atoms with Crippen molar-refractivity contribution in [2.24, 2.45) is 0 Å². The molecule has 1 unspecified atom stereocenters. The van der Waals surface area contributed by atoms with Crippen LogP contribution in [0.15, 0.2) is 33.2 Å². The van der Waals surface area contributed by atoms with Gasteiger partial charge in [0.2, 0.25) is 0 Å². The second-order valence-electron chi connectivity index (χ2n) is 4.89. The lowest BCUT2D eigenvalue weighted by Gasteiger charge is -2.16. The summed E-state index contributed by atoms with van der Waals surface area (Å²) in [7, 11) is 0. The standard InChI is InChI=1S/C16H22BrNO2/c1-3-8-18-14(11-19-9-4-2)15-10-12-6-5-7-13(17)16(12)20-15/h5-7,10,14,18H,3-4,8-9,11H2,1-2H3. The van der Waals surface area contributed by atoms with Crippen molar-refractivity contribution in [2.45, 2.75) is 32.7 Å². The number of hydrogen-bond donors (Lipinski definition) is 1. The highest BCUT2D eigenvalue weighted by Gasteiger charge is 2.16. The molecule has 0 fully saturated rings. The van der Waals surface area contributed by atoms with Gasteiger partial charge >= 0.3 is 0 Å². The molecule has 0 amide bonds.